The van der Waals surface area contributed by atoms with Gasteiger partial charge in [0.05, 0.1) is 6.10 Å². The maximum Gasteiger partial charge on any atom is 0.227 e. The summed E-state index contributed by atoms with van der Waals surface area (Å²) in [6.45, 7) is 9.25. The third-order valence-electron chi connectivity index (χ3n) is 5.79. The van der Waals surface area contributed by atoms with Crippen LogP contribution in [-0.4, -0.2) is 32.3 Å². The molecule has 5 heteroatoms. The molecule has 3 rings (SSSR count). The molecule has 0 radical (unpaired) electrons. The second-order valence-electron chi connectivity index (χ2n) is 8.57. The molecule has 0 saturated heterocycles. The summed E-state index contributed by atoms with van der Waals surface area (Å²) in [6, 6.07) is 1.56. The van der Waals surface area contributed by atoms with Gasteiger partial charge in [0.2, 0.25) is 5.78 Å². The number of carbonyl (C=O) groups excluding carboxylic acids is 1. The van der Waals surface area contributed by atoms with Gasteiger partial charge in [-0.3, -0.25) is 4.79 Å². The molecule has 2 unspecified atom stereocenters. The maximum absolute atomic E-state index is 12.9. The molecule has 0 spiro atoms. The summed E-state index contributed by atoms with van der Waals surface area (Å²) >= 11 is 0. The lowest BCUT2D eigenvalue weighted by Gasteiger charge is -2.50. The van der Waals surface area contributed by atoms with Crippen molar-refractivity contribution in [3.63, 3.8) is 0 Å². The number of phenols is 2. The summed E-state index contributed by atoms with van der Waals surface area (Å²) in [5.74, 6) is -1.50. The van der Waals surface area contributed by atoms with Crippen molar-refractivity contribution >= 4 is 5.78 Å². The number of benzene rings is 1. The topological polar surface area (TPSA) is 98.0 Å². The molecule has 0 bridgehead atoms. The third kappa shape index (κ3) is 2.29. The van der Waals surface area contributed by atoms with E-state index < -0.39 is 22.7 Å². The summed E-state index contributed by atoms with van der Waals surface area (Å²) in [6.07, 6.45) is 0.0508. The highest BCUT2D eigenvalue weighted by molar-refractivity contribution is 6.11. The van der Waals surface area contributed by atoms with Crippen LogP contribution in [0, 0.1) is 5.41 Å². The SMILES string of the molecule is CC(C)c1cc2c(c(O)c1O)C1(C)CC(O)CC(C)(C)C1=C(O)C2=O. The van der Waals surface area contributed by atoms with Crippen molar-refractivity contribution in [3.05, 3.63) is 34.1 Å². The van der Waals surface area contributed by atoms with Gasteiger partial charge in [-0.2, -0.15) is 0 Å². The zero-order valence-corrected chi connectivity index (χ0v) is 15.3. The van der Waals surface area contributed by atoms with E-state index >= 15 is 0 Å². The van der Waals surface area contributed by atoms with Crippen molar-refractivity contribution in [2.75, 3.05) is 0 Å². The fourth-order valence-corrected chi connectivity index (χ4v) is 4.99. The number of rotatable bonds is 1. The van der Waals surface area contributed by atoms with Crippen LogP contribution in [0.4, 0.5) is 0 Å². The Morgan fingerprint density at radius 2 is 1.68 bits per heavy atom. The molecule has 1 aromatic rings. The number of aromatic hydroxyl groups is 2. The monoisotopic (exact) mass is 346 g/mol. The second kappa shape index (κ2) is 5.24. The highest BCUT2D eigenvalue weighted by Gasteiger charge is 2.54. The van der Waals surface area contributed by atoms with Gasteiger partial charge in [0, 0.05) is 22.1 Å². The minimum Gasteiger partial charge on any atom is -0.504 e. The van der Waals surface area contributed by atoms with Crippen molar-refractivity contribution in [2.45, 2.75) is 64.9 Å². The quantitative estimate of drug-likeness (QED) is 0.582. The van der Waals surface area contributed by atoms with Crippen molar-refractivity contribution in [1.82, 2.24) is 0 Å². The second-order valence-corrected chi connectivity index (χ2v) is 8.57. The number of phenolic OH excluding ortho intramolecular Hbond substituents is 2. The normalized spacial score (nSPS) is 28.1. The fraction of sp³-hybridized carbons (Fsp3) is 0.550. The van der Waals surface area contributed by atoms with Crippen molar-refractivity contribution in [3.8, 4) is 11.5 Å². The number of Topliss-reactive ketones (excluding diaryl/α,β-unsaturated/α-hetero) is 1. The van der Waals surface area contributed by atoms with Gasteiger partial charge < -0.3 is 20.4 Å². The van der Waals surface area contributed by atoms with Crippen LogP contribution in [0.15, 0.2) is 17.4 Å². The van der Waals surface area contributed by atoms with Crippen LogP contribution in [0.2, 0.25) is 0 Å². The molecule has 0 aromatic heterocycles. The molecule has 1 fully saturated rings. The first-order chi connectivity index (χ1) is 11.4. The molecule has 5 nitrogen and oxygen atoms in total. The molecule has 2 aliphatic carbocycles. The van der Waals surface area contributed by atoms with E-state index in [-0.39, 0.29) is 35.2 Å². The summed E-state index contributed by atoms with van der Waals surface area (Å²) in [4.78, 5) is 12.9. The largest absolute Gasteiger partial charge is 0.504 e. The molecule has 2 atom stereocenters. The Balaban J connectivity index is 2.40. The molecule has 1 aromatic carbocycles. The van der Waals surface area contributed by atoms with Gasteiger partial charge in [-0.15, -0.1) is 0 Å². The molecule has 0 heterocycles. The summed E-state index contributed by atoms with van der Waals surface area (Å²) in [5.41, 5.74) is -0.0460. The molecular weight excluding hydrogens is 320 g/mol. The highest BCUT2D eigenvalue weighted by atomic mass is 16.3. The van der Waals surface area contributed by atoms with Crippen LogP contribution < -0.4 is 0 Å². The Bertz CT molecular complexity index is 803. The lowest BCUT2D eigenvalue weighted by Crippen LogP contribution is -2.47. The maximum atomic E-state index is 12.9. The van der Waals surface area contributed by atoms with Gasteiger partial charge in [0.25, 0.3) is 0 Å². The van der Waals surface area contributed by atoms with Crippen LogP contribution in [0.5, 0.6) is 11.5 Å². The zero-order valence-electron chi connectivity index (χ0n) is 15.3. The Kier molecular flexibility index (Phi) is 3.73. The summed E-state index contributed by atoms with van der Waals surface area (Å²) in [5, 5.41) is 42.3. The van der Waals surface area contributed by atoms with E-state index in [0.29, 0.717) is 23.1 Å². The third-order valence-corrected chi connectivity index (χ3v) is 5.79. The number of aliphatic hydroxyl groups is 2. The lowest BCUT2D eigenvalue weighted by molar-refractivity contribution is 0.0555. The Hall–Kier alpha value is -2.01. The first-order valence-electron chi connectivity index (χ1n) is 8.68. The number of aliphatic hydroxyl groups excluding tert-OH is 2. The van der Waals surface area contributed by atoms with Crippen molar-refractivity contribution in [1.29, 1.82) is 0 Å². The molecule has 136 valence electrons. The zero-order chi connectivity index (χ0) is 18.9. The predicted octanol–water partition coefficient (Wildman–Crippen LogP) is 3.67. The van der Waals surface area contributed by atoms with Crippen molar-refractivity contribution in [2.24, 2.45) is 5.41 Å². The Morgan fingerprint density at radius 3 is 2.24 bits per heavy atom. The molecule has 25 heavy (non-hydrogen) atoms. The smallest absolute Gasteiger partial charge is 0.227 e. The van der Waals surface area contributed by atoms with Crippen LogP contribution >= 0.6 is 0 Å². The van der Waals surface area contributed by atoms with Crippen LogP contribution in [0.25, 0.3) is 0 Å². The van der Waals surface area contributed by atoms with Crippen LogP contribution in [-0.2, 0) is 5.41 Å². The minimum absolute atomic E-state index is 0.0993. The Labute approximate surface area is 147 Å². The summed E-state index contributed by atoms with van der Waals surface area (Å²) < 4.78 is 0. The van der Waals surface area contributed by atoms with E-state index in [9.17, 15) is 25.2 Å². The lowest BCUT2D eigenvalue weighted by atomic mass is 9.53. The number of allylic oxidation sites excluding steroid dienone is 2. The fourth-order valence-electron chi connectivity index (χ4n) is 4.99. The Morgan fingerprint density at radius 1 is 1.08 bits per heavy atom. The average Bonchev–Trinajstić information content (AvgIpc) is 2.44. The summed E-state index contributed by atoms with van der Waals surface area (Å²) in [7, 11) is 0. The molecule has 2 aliphatic rings. The van der Waals surface area contributed by atoms with Gasteiger partial charge in [-0.1, -0.05) is 34.6 Å². The first-order valence-corrected chi connectivity index (χ1v) is 8.68. The molecule has 0 amide bonds. The van der Waals surface area contributed by atoms with E-state index in [2.05, 4.69) is 0 Å². The number of hydrogen-bond donors (Lipinski definition) is 4. The minimum atomic E-state index is -0.925. The number of hydrogen-bond acceptors (Lipinski definition) is 5. The molecule has 4 N–H and O–H groups in total. The standard InChI is InChI=1S/C20H26O5/c1-9(2)11-6-12-13(16(24)14(11)22)20(5)8-10(21)7-19(3,4)18(20)17(25)15(12)23/h6,9-10,21-22,24-25H,7-8H2,1-5H3. The van der Waals surface area contributed by atoms with Gasteiger partial charge in [0.15, 0.2) is 17.3 Å². The number of fused-ring (bicyclic) bond motifs is 3. The predicted molar refractivity (Wildman–Crippen MR) is 94.2 cm³/mol. The van der Waals surface area contributed by atoms with E-state index in [1.807, 2.05) is 34.6 Å². The number of ketones is 1. The van der Waals surface area contributed by atoms with Crippen molar-refractivity contribution < 1.29 is 25.2 Å². The van der Waals surface area contributed by atoms with Gasteiger partial charge in [-0.25, -0.2) is 0 Å². The van der Waals surface area contributed by atoms with Gasteiger partial charge in [-0.05, 0) is 35.8 Å². The van der Waals surface area contributed by atoms with E-state index in [1.165, 1.54) is 0 Å². The van der Waals surface area contributed by atoms with E-state index in [1.54, 1.807) is 6.07 Å². The molecular formula is C20H26O5. The van der Waals surface area contributed by atoms with Gasteiger partial charge in [0.1, 0.15) is 0 Å². The number of carbonyl (C=O) groups is 1. The average molecular weight is 346 g/mol. The molecule has 0 aliphatic heterocycles. The van der Waals surface area contributed by atoms with Crippen LogP contribution in [0.1, 0.15) is 74.9 Å². The van der Waals surface area contributed by atoms with E-state index in [4.69, 9.17) is 0 Å². The molecule has 1 saturated carbocycles. The first kappa shape index (κ1) is 17.8. The van der Waals surface area contributed by atoms with E-state index in [0.717, 1.165) is 0 Å². The highest BCUT2D eigenvalue weighted by Crippen LogP contribution is 2.59. The van der Waals surface area contributed by atoms with Gasteiger partial charge >= 0.3 is 0 Å². The van der Waals surface area contributed by atoms with Crippen LogP contribution in [0.3, 0.4) is 0 Å².